The lowest BCUT2D eigenvalue weighted by Gasteiger charge is -2.22. The minimum atomic E-state index is -0.560. The maximum absolute atomic E-state index is 13.5. The van der Waals surface area contributed by atoms with Gasteiger partial charge in [0.1, 0.15) is 5.58 Å². The van der Waals surface area contributed by atoms with Gasteiger partial charge < -0.3 is 4.42 Å². The number of amides is 1. The Hall–Kier alpha value is -3.25. The molecule has 0 spiro atoms. The van der Waals surface area contributed by atoms with Gasteiger partial charge in [0, 0.05) is 11.6 Å². The van der Waals surface area contributed by atoms with Crippen molar-refractivity contribution in [3.63, 3.8) is 0 Å². The topological polar surface area (TPSA) is 63.4 Å². The Morgan fingerprint density at radius 2 is 1.93 bits per heavy atom. The lowest BCUT2D eigenvalue weighted by molar-refractivity contribution is 0.0971. The van der Waals surface area contributed by atoms with E-state index >= 15 is 0 Å². The number of nitrogens with zero attached hydrogens (tertiary/aromatic N) is 2. The number of aromatic nitrogens is 1. The Kier molecular flexibility index (Phi) is 4.10. The number of hydrogen-bond acceptors (Lipinski definition) is 5. The van der Waals surface area contributed by atoms with Gasteiger partial charge in [-0.3, -0.25) is 14.5 Å². The minimum Gasteiger partial charge on any atom is -0.450 e. The molecule has 5 rings (SSSR count). The van der Waals surface area contributed by atoms with Crippen molar-refractivity contribution in [2.75, 3.05) is 4.90 Å². The highest BCUT2D eigenvalue weighted by Crippen LogP contribution is 2.41. The molecule has 0 unspecified atom stereocenters. The number of carbonyl (C=O) groups is 1. The van der Waals surface area contributed by atoms with Gasteiger partial charge >= 0.3 is 0 Å². The molecule has 1 aliphatic heterocycles. The van der Waals surface area contributed by atoms with Crippen LogP contribution in [0.2, 0.25) is 0 Å². The lowest BCUT2D eigenvalue weighted by atomic mass is 9.97. The van der Waals surface area contributed by atoms with Crippen molar-refractivity contribution < 1.29 is 9.21 Å². The molecule has 2 aromatic carbocycles. The second kappa shape index (κ2) is 6.67. The average molecular weight is 402 g/mol. The number of aryl methyl sites for hydroxylation is 2. The molecular weight excluding hydrogens is 384 g/mol. The smallest absolute Gasteiger partial charge is 0.297 e. The maximum atomic E-state index is 13.5. The van der Waals surface area contributed by atoms with E-state index in [0.29, 0.717) is 21.7 Å². The van der Waals surface area contributed by atoms with Crippen LogP contribution >= 0.6 is 11.3 Å². The third-order valence-corrected chi connectivity index (χ3v) is 6.13. The first-order valence-electron chi connectivity index (χ1n) is 9.47. The molecule has 0 saturated heterocycles. The largest absolute Gasteiger partial charge is 0.450 e. The molecule has 1 aliphatic rings. The van der Waals surface area contributed by atoms with Gasteiger partial charge in [0.25, 0.3) is 5.91 Å². The fourth-order valence-corrected chi connectivity index (χ4v) is 4.54. The van der Waals surface area contributed by atoms with Crippen LogP contribution in [0.25, 0.3) is 11.0 Å². The predicted molar refractivity (Wildman–Crippen MR) is 114 cm³/mol. The van der Waals surface area contributed by atoms with Gasteiger partial charge in [0.15, 0.2) is 10.6 Å². The van der Waals surface area contributed by atoms with Crippen LogP contribution in [0.5, 0.6) is 0 Å². The summed E-state index contributed by atoms with van der Waals surface area (Å²) in [6.45, 7) is 4.02. The quantitative estimate of drug-likeness (QED) is 0.490. The normalized spacial score (nSPS) is 15.9. The fraction of sp³-hybridized carbons (Fsp3) is 0.174. The molecule has 1 amide bonds. The van der Waals surface area contributed by atoms with Crippen LogP contribution in [0.3, 0.4) is 0 Å². The summed E-state index contributed by atoms with van der Waals surface area (Å²) in [6, 6.07) is 12.9. The zero-order valence-electron chi connectivity index (χ0n) is 16.0. The third-order valence-electron chi connectivity index (χ3n) is 5.35. The number of rotatable bonds is 3. The highest BCUT2D eigenvalue weighted by molar-refractivity contribution is 7.13. The Labute approximate surface area is 171 Å². The summed E-state index contributed by atoms with van der Waals surface area (Å²) >= 11 is 1.36. The van der Waals surface area contributed by atoms with Gasteiger partial charge in [0.05, 0.1) is 17.0 Å². The van der Waals surface area contributed by atoms with Crippen LogP contribution in [0.1, 0.15) is 45.8 Å². The van der Waals surface area contributed by atoms with Gasteiger partial charge in [-0.25, -0.2) is 4.98 Å². The highest BCUT2D eigenvalue weighted by Gasteiger charge is 2.44. The van der Waals surface area contributed by atoms with E-state index in [1.807, 2.05) is 48.7 Å². The molecule has 0 N–H and O–H groups in total. The first-order valence-corrected chi connectivity index (χ1v) is 10.4. The molecule has 0 aliphatic carbocycles. The SMILES string of the molecule is CCc1ccc([C@@H]2c3c(oc4ccc(C)cc4c3=O)C(=O)N2c2nccs2)cc1. The summed E-state index contributed by atoms with van der Waals surface area (Å²) in [4.78, 5) is 32.7. The van der Waals surface area contributed by atoms with Crippen molar-refractivity contribution in [1.82, 2.24) is 4.98 Å². The molecule has 1 atom stereocenters. The molecule has 5 nitrogen and oxygen atoms in total. The maximum Gasteiger partial charge on any atom is 0.297 e. The van der Waals surface area contributed by atoms with Crippen LogP contribution in [0, 0.1) is 6.92 Å². The third kappa shape index (κ3) is 2.71. The van der Waals surface area contributed by atoms with Crippen LogP contribution in [0.15, 0.2) is 63.3 Å². The van der Waals surface area contributed by atoms with E-state index in [-0.39, 0.29) is 17.1 Å². The van der Waals surface area contributed by atoms with E-state index in [1.54, 1.807) is 17.2 Å². The van der Waals surface area contributed by atoms with Gasteiger partial charge in [-0.2, -0.15) is 0 Å². The van der Waals surface area contributed by atoms with E-state index in [9.17, 15) is 9.59 Å². The molecule has 0 radical (unpaired) electrons. The van der Waals surface area contributed by atoms with Crippen LogP contribution in [-0.2, 0) is 6.42 Å². The summed E-state index contributed by atoms with van der Waals surface area (Å²) in [5.74, 6) is -0.231. The Morgan fingerprint density at radius 1 is 1.14 bits per heavy atom. The predicted octanol–water partition coefficient (Wildman–Crippen LogP) is 4.87. The highest BCUT2D eigenvalue weighted by atomic mass is 32.1. The van der Waals surface area contributed by atoms with Crippen molar-refractivity contribution in [1.29, 1.82) is 0 Å². The first kappa shape index (κ1) is 17.8. The van der Waals surface area contributed by atoms with Crippen LogP contribution in [-0.4, -0.2) is 10.9 Å². The Balaban J connectivity index is 1.80. The summed E-state index contributed by atoms with van der Waals surface area (Å²) in [5.41, 5.74) is 3.67. The van der Waals surface area contributed by atoms with Crippen molar-refractivity contribution in [3.8, 4) is 0 Å². The minimum absolute atomic E-state index is 0.103. The monoisotopic (exact) mass is 402 g/mol. The second-order valence-corrected chi connectivity index (χ2v) is 8.03. The molecule has 0 fully saturated rings. The standard InChI is InChI=1S/C23H18N2O3S/c1-3-14-5-7-15(8-6-14)19-18-20(26)16-12-13(2)4-9-17(16)28-21(18)22(27)25(19)23-24-10-11-29-23/h4-12,19H,3H2,1-2H3/t19-/m1/s1. The number of thiazole rings is 1. The number of anilines is 1. The number of hydrogen-bond donors (Lipinski definition) is 0. The number of fused-ring (bicyclic) bond motifs is 2. The van der Waals surface area contributed by atoms with Crippen LogP contribution < -0.4 is 10.3 Å². The van der Waals surface area contributed by atoms with Gasteiger partial charge in [0.2, 0.25) is 5.76 Å². The summed E-state index contributed by atoms with van der Waals surface area (Å²) in [5, 5.41) is 2.86. The molecule has 4 aromatic rings. The Morgan fingerprint density at radius 3 is 2.62 bits per heavy atom. The van der Waals surface area contributed by atoms with E-state index in [2.05, 4.69) is 11.9 Å². The van der Waals surface area contributed by atoms with Gasteiger partial charge in [-0.15, -0.1) is 11.3 Å². The van der Waals surface area contributed by atoms with E-state index < -0.39 is 6.04 Å². The van der Waals surface area contributed by atoms with Crippen molar-refractivity contribution in [2.24, 2.45) is 0 Å². The summed E-state index contributed by atoms with van der Waals surface area (Å²) < 4.78 is 5.96. The van der Waals surface area contributed by atoms with E-state index in [4.69, 9.17) is 4.42 Å². The molecule has 29 heavy (non-hydrogen) atoms. The molecule has 0 bridgehead atoms. The molecule has 6 heteroatoms. The zero-order chi connectivity index (χ0) is 20.1. The van der Waals surface area contributed by atoms with Crippen molar-refractivity contribution >= 4 is 33.3 Å². The van der Waals surface area contributed by atoms with E-state index in [1.165, 1.54) is 16.9 Å². The number of carbonyl (C=O) groups excluding carboxylic acids is 1. The lowest BCUT2D eigenvalue weighted by Crippen LogP contribution is -2.29. The number of benzene rings is 2. The zero-order valence-corrected chi connectivity index (χ0v) is 16.8. The van der Waals surface area contributed by atoms with Gasteiger partial charge in [-0.1, -0.05) is 42.8 Å². The van der Waals surface area contributed by atoms with Crippen LogP contribution in [0.4, 0.5) is 5.13 Å². The summed E-state index contributed by atoms with van der Waals surface area (Å²) in [6.07, 6.45) is 2.57. The van der Waals surface area contributed by atoms with Gasteiger partial charge in [-0.05, 0) is 36.6 Å². The average Bonchev–Trinajstić information content (AvgIpc) is 3.35. The van der Waals surface area contributed by atoms with E-state index in [0.717, 1.165) is 17.5 Å². The fourth-order valence-electron chi connectivity index (χ4n) is 3.87. The second-order valence-electron chi connectivity index (χ2n) is 7.16. The molecule has 2 aromatic heterocycles. The van der Waals surface area contributed by atoms with Crippen molar-refractivity contribution in [2.45, 2.75) is 26.3 Å². The first-order chi connectivity index (χ1) is 14.1. The molecule has 0 saturated carbocycles. The summed E-state index contributed by atoms with van der Waals surface area (Å²) in [7, 11) is 0. The van der Waals surface area contributed by atoms with Crippen molar-refractivity contribution in [3.05, 3.63) is 92.3 Å². The molecule has 3 heterocycles. The molecule has 144 valence electrons. The molecular formula is C23H18N2O3S. The Bertz CT molecular complexity index is 1290.